The van der Waals surface area contributed by atoms with Crippen LogP contribution >= 0.6 is 11.6 Å². The average Bonchev–Trinajstić information content (AvgIpc) is 2.61. The molecule has 0 radical (unpaired) electrons. The number of imidazole rings is 1. The van der Waals surface area contributed by atoms with E-state index in [2.05, 4.69) is 11.1 Å². The number of nitriles is 1. The Morgan fingerprint density at radius 3 is 3.07 bits per heavy atom. The van der Waals surface area contributed by atoms with Crippen LogP contribution in [-0.2, 0) is 6.54 Å². The van der Waals surface area contributed by atoms with Gasteiger partial charge in [0.05, 0.1) is 29.0 Å². The summed E-state index contributed by atoms with van der Waals surface area (Å²) < 4.78 is 1.98. The number of halogens is 1. The van der Waals surface area contributed by atoms with Crippen molar-refractivity contribution in [1.29, 1.82) is 5.26 Å². The third-order valence-electron chi connectivity index (χ3n) is 2.08. The van der Waals surface area contributed by atoms with Crippen molar-refractivity contribution >= 4 is 22.6 Å². The van der Waals surface area contributed by atoms with E-state index in [1.165, 1.54) is 0 Å². The predicted molar refractivity (Wildman–Crippen MR) is 55.2 cm³/mol. The molecule has 0 amide bonds. The van der Waals surface area contributed by atoms with Crippen molar-refractivity contribution in [3.63, 3.8) is 0 Å². The standard InChI is InChI=1S/C10H8ClN3/c11-3-4-14-7-13-9-5-8(6-12)1-2-10(9)14/h1-2,5,7H,3-4H2. The summed E-state index contributed by atoms with van der Waals surface area (Å²) in [4.78, 5) is 4.20. The quantitative estimate of drug-likeness (QED) is 0.705. The Kier molecular flexibility index (Phi) is 2.38. The van der Waals surface area contributed by atoms with E-state index < -0.39 is 0 Å². The van der Waals surface area contributed by atoms with Crippen molar-refractivity contribution in [2.75, 3.05) is 5.88 Å². The molecule has 1 aromatic heterocycles. The molecule has 0 aliphatic carbocycles. The van der Waals surface area contributed by atoms with E-state index in [1.54, 1.807) is 18.5 Å². The van der Waals surface area contributed by atoms with Gasteiger partial charge in [-0.15, -0.1) is 11.6 Å². The molecule has 0 aliphatic rings. The molecule has 0 aliphatic heterocycles. The van der Waals surface area contributed by atoms with Gasteiger partial charge in [0.1, 0.15) is 0 Å². The summed E-state index contributed by atoms with van der Waals surface area (Å²) in [7, 11) is 0. The third kappa shape index (κ3) is 1.45. The second kappa shape index (κ2) is 3.69. The van der Waals surface area contributed by atoms with Crippen molar-refractivity contribution in [3.8, 4) is 6.07 Å². The monoisotopic (exact) mass is 205 g/mol. The number of hydrogen-bond donors (Lipinski definition) is 0. The van der Waals surface area contributed by atoms with Crippen molar-refractivity contribution < 1.29 is 0 Å². The number of aryl methyl sites for hydroxylation is 1. The fraction of sp³-hybridized carbons (Fsp3) is 0.200. The lowest BCUT2D eigenvalue weighted by molar-refractivity contribution is 0.793. The number of hydrogen-bond acceptors (Lipinski definition) is 2. The number of aromatic nitrogens is 2. The summed E-state index contributed by atoms with van der Waals surface area (Å²) in [6, 6.07) is 7.55. The molecular weight excluding hydrogens is 198 g/mol. The largest absolute Gasteiger partial charge is 0.329 e. The van der Waals surface area contributed by atoms with Crippen molar-refractivity contribution in [3.05, 3.63) is 30.1 Å². The summed E-state index contributed by atoms with van der Waals surface area (Å²) in [5, 5.41) is 8.70. The molecule has 1 heterocycles. The molecule has 0 atom stereocenters. The van der Waals surface area contributed by atoms with E-state index in [1.807, 2.05) is 10.6 Å². The SMILES string of the molecule is N#Cc1ccc2c(c1)ncn2CCCl. The summed E-state index contributed by atoms with van der Waals surface area (Å²) in [6.07, 6.45) is 1.74. The van der Waals surface area contributed by atoms with Gasteiger partial charge in [-0.2, -0.15) is 5.26 Å². The van der Waals surface area contributed by atoms with E-state index in [-0.39, 0.29) is 0 Å². The molecular formula is C10H8ClN3. The highest BCUT2D eigenvalue weighted by Crippen LogP contribution is 2.14. The first-order valence-corrected chi connectivity index (χ1v) is 4.79. The molecule has 0 saturated carbocycles. The Balaban J connectivity index is 2.55. The molecule has 0 spiro atoms. The number of benzene rings is 1. The fourth-order valence-corrected chi connectivity index (χ4v) is 1.58. The van der Waals surface area contributed by atoms with Crippen LogP contribution < -0.4 is 0 Å². The Labute approximate surface area is 86.5 Å². The molecule has 0 N–H and O–H groups in total. The van der Waals surface area contributed by atoms with Crippen LogP contribution in [-0.4, -0.2) is 15.4 Å². The topological polar surface area (TPSA) is 41.6 Å². The van der Waals surface area contributed by atoms with Crippen LogP contribution in [0, 0.1) is 11.3 Å². The average molecular weight is 206 g/mol. The molecule has 4 heteroatoms. The summed E-state index contributed by atoms with van der Waals surface area (Å²) in [5.41, 5.74) is 2.49. The maximum absolute atomic E-state index is 8.70. The van der Waals surface area contributed by atoms with Gasteiger partial charge < -0.3 is 4.57 Å². The Bertz CT molecular complexity index is 496. The van der Waals surface area contributed by atoms with Crippen LogP contribution in [0.25, 0.3) is 11.0 Å². The highest BCUT2D eigenvalue weighted by Gasteiger charge is 2.02. The van der Waals surface area contributed by atoms with Gasteiger partial charge in [0.2, 0.25) is 0 Å². The van der Waals surface area contributed by atoms with Crippen LogP contribution in [0.3, 0.4) is 0 Å². The first kappa shape index (κ1) is 9.04. The number of nitrogens with zero attached hydrogens (tertiary/aromatic N) is 3. The van der Waals surface area contributed by atoms with Crippen molar-refractivity contribution in [1.82, 2.24) is 9.55 Å². The zero-order valence-electron chi connectivity index (χ0n) is 7.44. The lowest BCUT2D eigenvalue weighted by Gasteiger charge is -1.99. The predicted octanol–water partition coefficient (Wildman–Crippen LogP) is 2.15. The normalized spacial score (nSPS) is 10.3. The summed E-state index contributed by atoms with van der Waals surface area (Å²) >= 11 is 5.65. The molecule has 0 bridgehead atoms. The second-order valence-electron chi connectivity index (χ2n) is 2.94. The molecule has 70 valence electrons. The molecule has 2 rings (SSSR count). The van der Waals surface area contributed by atoms with Crippen molar-refractivity contribution in [2.45, 2.75) is 6.54 Å². The van der Waals surface area contributed by atoms with Gasteiger partial charge in [-0.05, 0) is 18.2 Å². The molecule has 3 nitrogen and oxygen atoms in total. The number of alkyl halides is 1. The minimum Gasteiger partial charge on any atom is -0.329 e. The lowest BCUT2D eigenvalue weighted by Crippen LogP contribution is -1.96. The zero-order valence-corrected chi connectivity index (χ0v) is 8.20. The highest BCUT2D eigenvalue weighted by atomic mass is 35.5. The lowest BCUT2D eigenvalue weighted by atomic mass is 10.2. The molecule has 0 fully saturated rings. The van der Waals surface area contributed by atoms with Gasteiger partial charge in [0, 0.05) is 12.4 Å². The van der Waals surface area contributed by atoms with E-state index in [0.717, 1.165) is 17.6 Å². The van der Waals surface area contributed by atoms with Crippen LogP contribution in [0.2, 0.25) is 0 Å². The molecule has 1 aromatic carbocycles. The number of fused-ring (bicyclic) bond motifs is 1. The van der Waals surface area contributed by atoms with E-state index in [4.69, 9.17) is 16.9 Å². The minimum atomic E-state index is 0.561. The van der Waals surface area contributed by atoms with Gasteiger partial charge in [0.15, 0.2) is 0 Å². The maximum Gasteiger partial charge on any atom is 0.0992 e. The van der Waals surface area contributed by atoms with Crippen LogP contribution in [0.1, 0.15) is 5.56 Å². The zero-order chi connectivity index (χ0) is 9.97. The van der Waals surface area contributed by atoms with Crippen LogP contribution in [0.15, 0.2) is 24.5 Å². The van der Waals surface area contributed by atoms with E-state index >= 15 is 0 Å². The van der Waals surface area contributed by atoms with E-state index in [9.17, 15) is 0 Å². The van der Waals surface area contributed by atoms with Crippen LogP contribution in [0.4, 0.5) is 0 Å². The summed E-state index contributed by atoms with van der Waals surface area (Å²) in [6.45, 7) is 0.740. The van der Waals surface area contributed by atoms with Gasteiger partial charge in [0.25, 0.3) is 0 Å². The van der Waals surface area contributed by atoms with Crippen molar-refractivity contribution in [2.24, 2.45) is 0 Å². The van der Waals surface area contributed by atoms with Gasteiger partial charge in [-0.25, -0.2) is 4.98 Å². The Morgan fingerprint density at radius 1 is 1.50 bits per heavy atom. The molecule has 2 aromatic rings. The second-order valence-corrected chi connectivity index (χ2v) is 3.32. The molecule has 0 saturated heterocycles. The Morgan fingerprint density at radius 2 is 2.36 bits per heavy atom. The van der Waals surface area contributed by atoms with Gasteiger partial charge in [-0.1, -0.05) is 0 Å². The smallest absolute Gasteiger partial charge is 0.0992 e. The fourth-order valence-electron chi connectivity index (χ4n) is 1.40. The Hall–Kier alpha value is -1.53. The minimum absolute atomic E-state index is 0.561. The third-order valence-corrected chi connectivity index (χ3v) is 2.24. The van der Waals surface area contributed by atoms with Gasteiger partial charge >= 0.3 is 0 Å². The van der Waals surface area contributed by atoms with Crippen LogP contribution in [0.5, 0.6) is 0 Å². The van der Waals surface area contributed by atoms with Gasteiger partial charge in [-0.3, -0.25) is 0 Å². The number of rotatable bonds is 2. The molecule has 14 heavy (non-hydrogen) atoms. The first-order valence-electron chi connectivity index (χ1n) is 4.26. The summed E-state index contributed by atoms with van der Waals surface area (Å²) in [5.74, 6) is 0.561. The highest BCUT2D eigenvalue weighted by molar-refractivity contribution is 6.17. The first-order chi connectivity index (χ1) is 6.85. The molecule has 0 unspecified atom stereocenters. The maximum atomic E-state index is 8.70. The van der Waals surface area contributed by atoms with E-state index in [0.29, 0.717) is 11.4 Å².